The van der Waals surface area contributed by atoms with Gasteiger partial charge in [0.2, 0.25) is 0 Å². The lowest BCUT2D eigenvalue weighted by atomic mass is 10.0. The lowest BCUT2D eigenvalue weighted by Crippen LogP contribution is -2.55. The molecule has 0 radical (unpaired) electrons. The molecule has 2 aliphatic heterocycles. The number of halogens is 1. The summed E-state index contributed by atoms with van der Waals surface area (Å²) in [7, 11) is 0. The molecule has 4 rings (SSSR count). The maximum Gasteiger partial charge on any atom is 0.257 e. The Bertz CT molecular complexity index is 959. The van der Waals surface area contributed by atoms with Crippen molar-refractivity contribution in [3.8, 4) is 0 Å². The molecule has 1 unspecified atom stereocenters. The van der Waals surface area contributed by atoms with Crippen LogP contribution in [0.3, 0.4) is 0 Å². The van der Waals surface area contributed by atoms with Crippen molar-refractivity contribution in [3.63, 3.8) is 0 Å². The third-order valence-electron chi connectivity index (χ3n) is 5.90. The van der Waals surface area contributed by atoms with Gasteiger partial charge in [-0.05, 0) is 75.1 Å². The largest absolute Gasteiger partial charge is 0.351 e. The molecule has 0 saturated carbocycles. The van der Waals surface area contributed by atoms with Crippen molar-refractivity contribution < 1.29 is 14.0 Å². The van der Waals surface area contributed by atoms with Crippen LogP contribution in [0, 0.1) is 12.7 Å². The summed E-state index contributed by atoms with van der Waals surface area (Å²) in [6.07, 6.45) is 4.28. The van der Waals surface area contributed by atoms with E-state index in [1.807, 2.05) is 11.0 Å². The van der Waals surface area contributed by atoms with Crippen LogP contribution in [0.25, 0.3) is 0 Å². The first-order valence-corrected chi connectivity index (χ1v) is 10.3. The van der Waals surface area contributed by atoms with E-state index in [0.717, 1.165) is 44.5 Å². The zero-order valence-electron chi connectivity index (χ0n) is 16.9. The van der Waals surface area contributed by atoms with E-state index in [-0.39, 0.29) is 23.8 Å². The Morgan fingerprint density at radius 3 is 2.76 bits per heavy atom. The van der Waals surface area contributed by atoms with Gasteiger partial charge in [-0.25, -0.2) is 4.39 Å². The van der Waals surface area contributed by atoms with Gasteiger partial charge in [0.1, 0.15) is 12.0 Å². The first-order valence-electron chi connectivity index (χ1n) is 10.3. The van der Waals surface area contributed by atoms with Crippen LogP contribution < -0.4 is 10.2 Å². The van der Waals surface area contributed by atoms with Crippen molar-refractivity contribution in [2.45, 2.75) is 45.7 Å². The van der Waals surface area contributed by atoms with Gasteiger partial charge in [-0.2, -0.15) is 0 Å². The highest BCUT2D eigenvalue weighted by Gasteiger charge is 2.37. The molecule has 1 atom stereocenters. The summed E-state index contributed by atoms with van der Waals surface area (Å²) in [5, 5.41) is 2.82. The van der Waals surface area contributed by atoms with Crippen LogP contribution in [0.2, 0.25) is 0 Å². The fourth-order valence-electron chi connectivity index (χ4n) is 4.37. The summed E-state index contributed by atoms with van der Waals surface area (Å²) in [6, 6.07) is 9.75. The molecule has 0 bridgehead atoms. The molecule has 6 heteroatoms. The highest BCUT2D eigenvalue weighted by molar-refractivity contribution is 6.08. The number of amides is 2. The van der Waals surface area contributed by atoms with Crippen LogP contribution in [0.5, 0.6) is 0 Å². The van der Waals surface area contributed by atoms with Crippen molar-refractivity contribution in [3.05, 3.63) is 58.9 Å². The maximum absolute atomic E-state index is 13.5. The number of rotatable bonds is 3. The predicted molar refractivity (Wildman–Crippen MR) is 112 cm³/mol. The number of benzene rings is 2. The normalized spacial score (nSPS) is 18.7. The molecule has 152 valence electrons. The number of aryl methyl sites for hydroxylation is 1. The van der Waals surface area contributed by atoms with Crippen molar-refractivity contribution >= 4 is 23.2 Å². The molecule has 0 aromatic heterocycles. The molecule has 2 amide bonds. The monoisotopic (exact) mass is 395 g/mol. The van der Waals surface area contributed by atoms with Gasteiger partial charge < -0.3 is 15.1 Å². The number of hydrogen-bond acceptors (Lipinski definition) is 3. The van der Waals surface area contributed by atoms with Crippen molar-refractivity contribution in [2.24, 2.45) is 0 Å². The fraction of sp³-hybridized carbons (Fsp3) is 0.391. The summed E-state index contributed by atoms with van der Waals surface area (Å²) in [6.45, 7) is 5.29. The highest BCUT2D eigenvalue weighted by atomic mass is 19.1. The van der Waals surface area contributed by atoms with Crippen LogP contribution >= 0.6 is 0 Å². The quantitative estimate of drug-likeness (QED) is 0.828. The van der Waals surface area contributed by atoms with Gasteiger partial charge in [0.15, 0.2) is 0 Å². The Morgan fingerprint density at radius 1 is 1.17 bits per heavy atom. The summed E-state index contributed by atoms with van der Waals surface area (Å²) < 4.78 is 13.5. The molecule has 1 N–H and O–H groups in total. The molecule has 2 aromatic rings. The second-order valence-electron chi connectivity index (χ2n) is 7.76. The Kier molecular flexibility index (Phi) is 5.26. The van der Waals surface area contributed by atoms with Crippen LogP contribution in [-0.2, 0) is 0 Å². The molecule has 2 aromatic carbocycles. The topological polar surface area (TPSA) is 52.7 Å². The zero-order chi connectivity index (χ0) is 20.5. The minimum Gasteiger partial charge on any atom is -0.351 e. The van der Waals surface area contributed by atoms with E-state index in [9.17, 15) is 14.0 Å². The molecule has 5 nitrogen and oxygen atoms in total. The van der Waals surface area contributed by atoms with E-state index in [2.05, 4.69) is 17.1 Å². The number of anilines is 2. The van der Waals surface area contributed by atoms with Crippen LogP contribution in [0.4, 0.5) is 15.8 Å². The number of carbonyl (C=O) groups is 2. The molecular formula is C23H26FN3O2. The van der Waals surface area contributed by atoms with Crippen molar-refractivity contribution in [1.29, 1.82) is 0 Å². The fourth-order valence-corrected chi connectivity index (χ4v) is 4.37. The second-order valence-corrected chi connectivity index (χ2v) is 7.76. The molecule has 29 heavy (non-hydrogen) atoms. The lowest BCUT2D eigenvalue weighted by molar-refractivity contribution is 0.0656. The van der Waals surface area contributed by atoms with Crippen molar-refractivity contribution in [1.82, 2.24) is 4.90 Å². The Balaban J connectivity index is 1.65. The van der Waals surface area contributed by atoms with Crippen LogP contribution in [0.15, 0.2) is 36.4 Å². The molecular weight excluding hydrogens is 369 g/mol. The lowest BCUT2D eigenvalue weighted by Gasteiger charge is -2.44. The molecule has 0 spiro atoms. The Hall–Kier alpha value is -2.89. The average Bonchev–Trinajstić information content (AvgIpc) is 2.97. The zero-order valence-corrected chi connectivity index (χ0v) is 16.9. The number of fused-ring (bicyclic) bond motifs is 2. The third kappa shape index (κ3) is 3.59. The molecule has 1 fully saturated rings. The van der Waals surface area contributed by atoms with E-state index in [4.69, 9.17) is 0 Å². The van der Waals surface area contributed by atoms with E-state index in [1.165, 1.54) is 6.07 Å². The van der Waals surface area contributed by atoms with Gasteiger partial charge >= 0.3 is 0 Å². The molecule has 2 aliphatic rings. The van der Waals surface area contributed by atoms with Gasteiger partial charge in [0, 0.05) is 24.3 Å². The maximum atomic E-state index is 13.5. The Morgan fingerprint density at radius 2 is 2.00 bits per heavy atom. The third-order valence-corrected chi connectivity index (χ3v) is 5.90. The summed E-state index contributed by atoms with van der Waals surface area (Å²) in [5.41, 5.74) is 2.98. The number of nitrogens with one attached hydrogen (secondary N) is 1. The summed E-state index contributed by atoms with van der Waals surface area (Å²) in [4.78, 5) is 30.1. The van der Waals surface area contributed by atoms with E-state index in [0.29, 0.717) is 22.4 Å². The van der Waals surface area contributed by atoms with Gasteiger partial charge in [-0.15, -0.1) is 0 Å². The molecule has 0 aliphatic carbocycles. The van der Waals surface area contributed by atoms with Gasteiger partial charge in [-0.3, -0.25) is 9.59 Å². The second kappa shape index (κ2) is 7.85. The van der Waals surface area contributed by atoms with E-state index >= 15 is 0 Å². The molecule has 1 saturated heterocycles. The molecule has 2 heterocycles. The highest BCUT2D eigenvalue weighted by Crippen LogP contribution is 2.35. The van der Waals surface area contributed by atoms with Gasteiger partial charge in [0.25, 0.3) is 11.8 Å². The minimum absolute atomic E-state index is 0.0534. The van der Waals surface area contributed by atoms with Gasteiger partial charge in [0.05, 0.1) is 11.3 Å². The standard InChI is InChI=1S/C23H26FN3O2/c1-3-26-20-14-16(22(28)25-17-9-11-19(24)15(2)13-17)8-10-18(20)23(29)27-12-6-4-5-7-21(26)27/h8-11,13-14,21H,3-7,12H2,1-2H3,(H,25,28). The summed E-state index contributed by atoms with van der Waals surface area (Å²) in [5.74, 6) is -0.523. The van der Waals surface area contributed by atoms with E-state index in [1.54, 1.807) is 31.2 Å². The number of hydrogen-bond donors (Lipinski definition) is 1. The average molecular weight is 395 g/mol. The SMILES string of the molecule is CCN1c2cc(C(=O)Nc3ccc(F)c(C)c3)ccc2C(=O)N2CCCCCC21. The first-order chi connectivity index (χ1) is 14.0. The predicted octanol–water partition coefficient (Wildman–Crippen LogP) is 4.57. The van der Waals surface area contributed by atoms with Crippen LogP contribution in [-0.4, -0.2) is 36.0 Å². The van der Waals surface area contributed by atoms with E-state index < -0.39 is 0 Å². The minimum atomic E-state index is -0.304. The Labute approximate surface area is 170 Å². The van der Waals surface area contributed by atoms with Gasteiger partial charge in [-0.1, -0.05) is 6.42 Å². The van der Waals surface area contributed by atoms with Crippen molar-refractivity contribution in [2.75, 3.05) is 23.3 Å². The first kappa shape index (κ1) is 19.4. The van der Waals surface area contributed by atoms with Crippen LogP contribution in [0.1, 0.15) is 58.9 Å². The number of nitrogens with zero attached hydrogens (tertiary/aromatic N) is 2. The summed E-state index contributed by atoms with van der Waals surface area (Å²) >= 11 is 0. The number of carbonyl (C=O) groups excluding carboxylic acids is 2. The smallest absolute Gasteiger partial charge is 0.257 e.